The van der Waals surface area contributed by atoms with Crippen molar-refractivity contribution in [1.82, 2.24) is 10.6 Å². The maximum absolute atomic E-state index is 11.7. The summed E-state index contributed by atoms with van der Waals surface area (Å²) in [5, 5.41) is 6.22. The number of ether oxygens (including phenoxy) is 1. The number of hydrogen-bond donors (Lipinski definition) is 2. The molecule has 0 radical (unpaired) electrons. The molecule has 1 heterocycles. The van der Waals surface area contributed by atoms with Crippen molar-refractivity contribution in [2.75, 3.05) is 19.7 Å². The molecule has 1 atom stereocenters. The van der Waals surface area contributed by atoms with E-state index in [1.165, 1.54) is 0 Å². The van der Waals surface area contributed by atoms with Crippen LogP contribution in [0.2, 0.25) is 0 Å². The van der Waals surface area contributed by atoms with Gasteiger partial charge in [-0.2, -0.15) is 0 Å². The molecular weight excluding hydrogens is 332 g/mol. The second kappa shape index (κ2) is 8.40. The van der Waals surface area contributed by atoms with Gasteiger partial charge in [0.25, 0.3) is 5.91 Å². The lowest BCUT2D eigenvalue weighted by Gasteiger charge is -2.23. The summed E-state index contributed by atoms with van der Waals surface area (Å²) in [6.07, 6.45) is 2.15. The summed E-state index contributed by atoms with van der Waals surface area (Å²) in [4.78, 5) is 11.7. The lowest BCUT2D eigenvalue weighted by Crippen LogP contribution is -2.46. The monoisotopic (exact) mass is 348 g/mol. The first kappa shape index (κ1) is 16.3. The van der Waals surface area contributed by atoms with Gasteiger partial charge >= 0.3 is 0 Å². The Labute approximate surface area is 127 Å². The zero-order valence-electron chi connectivity index (χ0n) is 10.5. The van der Waals surface area contributed by atoms with Crippen LogP contribution in [0.3, 0.4) is 0 Å². The van der Waals surface area contributed by atoms with Crippen molar-refractivity contribution in [3.05, 3.63) is 28.7 Å². The van der Waals surface area contributed by atoms with Gasteiger partial charge in [-0.25, -0.2) is 0 Å². The summed E-state index contributed by atoms with van der Waals surface area (Å²) in [6, 6.07) is 7.68. The van der Waals surface area contributed by atoms with Gasteiger partial charge in [-0.05, 0) is 43.7 Å². The molecule has 0 aromatic heterocycles. The van der Waals surface area contributed by atoms with Crippen molar-refractivity contribution in [1.29, 1.82) is 0 Å². The second-order valence-corrected chi connectivity index (χ2v) is 5.27. The largest absolute Gasteiger partial charge is 0.484 e. The van der Waals surface area contributed by atoms with E-state index in [2.05, 4.69) is 26.6 Å². The standard InChI is InChI=1S/C13H17BrN2O2.ClH/c14-10-3-5-12(6-4-10)18-9-13(17)16-11-2-1-7-15-8-11;/h3-6,11,15H,1-2,7-9H2,(H,16,17);1H/t11-;/m0./s1. The Bertz CT molecular complexity index is 394. The van der Waals surface area contributed by atoms with Crippen molar-refractivity contribution in [2.45, 2.75) is 18.9 Å². The van der Waals surface area contributed by atoms with Gasteiger partial charge in [-0.3, -0.25) is 4.79 Å². The fourth-order valence-corrected chi connectivity index (χ4v) is 2.19. The van der Waals surface area contributed by atoms with Crippen LogP contribution in [0.25, 0.3) is 0 Å². The normalized spacial score (nSPS) is 18.3. The van der Waals surface area contributed by atoms with E-state index in [1.807, 2.05) is 24.3 Å². The highest BCUT2D eigenvalue weighted by Gasteiger charge is 2.15. The summed E-state index contributed by atoms with van der Waals surface area (Å²) in [6.45, 7) is 1.96. The molecular formula is C13H18BrClN2O2. The van der Waals surface area contributed by atoms with Crippen molar-refractivity contribution in [2.24, 2.45) is 0 Å². The summed E-state index contributed by atoms with van der Waals surface area (Å²) in [5.74, 6) is 0.640. The Hall–Kier alpha value is -0.780. The predicted molar refractivity (Wildman–Crippen MR) is 80.9 cm³/mol. The molecule has 1 fully saturated rings. The molecule has 1 aromatic rings. The van der Waals surface area contributed by atoms with Gasteiger partial charge in [0.15, 0.2) is 6.61 Å². The van der Waals surface area contributed by atoms with Crippen molar-refractivity contribution < 1.29 is 9.53 Å². The molecule has 0 spiro atoms. The number of benzene rings is 1. The van der Waals surface area contributed by atoms with E-state index < -0.39 is 0 Å². The minimum absolute atomic E-state index is 0. The number of carbonyl (C=O) groups is 1. The van der Waals surface area contributed by atoms with Gasteiger partial charge in [0.05, 0.1) is 0 Å². The Morgan fingerprint density at radius 3 is 2.79 bits per heavy atom. The van der Waals surface area contributed by atoms with Crippen LogP contribution in [0.5, 0.6) is 5.75 Å². The Morgan fingerprint density at radius 2 is 2.16 bits per heavy atom. The topological polar surface area (TPSA) is 50.4 Å². The average Bonchev–Trinajstić information content (AvgIpc) is 2.39. The van der Waals surface area contributed by atoms with Crippen molar-refractivity contribution in [3.8, 4) is 5.75 Å². The van der Waals surface area contributed by atoms with Crippen molar-refractivity contribution >= 4 is 34.2 Å². The van der Waals surface area contributed by atoms with Crippen LogP contribution < -0.4 is 15.4 Å². The van der Waals surface area contributed by atoms with E-state index in [-0.39, 0.29) is 31.0 Å². The minimum atomic E-state index is -0.0633. The van der Waals surface area contributed by atoms with E-state index >= 15 is 0 Å². The lowest BCUT2D eigenvalue weighted by molar-refractivity contribution is -0.123. The first-order chi connectivity index (χ1) is 8.74. The molecule has 106 valence electrons. The molecule has 1 aliphatic rings. The van der Waals surface area contributed by atoms with E-state index in [1.54, 1.807) is 0 Å². The Balaban J connectivity index is 0.00000180. The van der Waals surface area contributed by atoms with E-state index in [0.717, 1.165) is 30.4 Å². The minimum Gasteiger partial charge on any atom is -0.484 e. The highest BCUT2D eigenvalue weighted by Crippen LogP contribution is 2.15. The number of halogens is 2. The smallest absolute Gasteiger partial charge is 0.258 e. The van der Waals surface area contributed by atoms with Gasteiger partial charge in [-0.1, -0.05) is 15.9 Å². The summed E-state index contributed by atoms with van der Waals surface area (Å²) >= 11 is 3.35. The second-order valence-electron chi connectivity index (χ2n) is 4.35. The Kier molecular flexibility index (Phi) is 7.20. The fourth-order valence-electron chi connectivity index (χ4n) is 1.92. The third-order valence-corrected chi connectivity index (χ3v) is 3.37. The van der Waals surface area contributed by atoms with Crippen LogP contribution in [0.15, 0.2) is 28.7 Å². The van der Waals surface area contributed by atoms with E-state index in [9.17, 15) is 4.79 Å². The summed E-state index contributed by atoms with van der Waals surface area (Å²) < 4.78 is 6.40. The fraction of sp³-hybridized carbons (Fsp3) is 0.462. The molecule has 4 nitrogen and oxygen atoms in total. The molecule has 1 amide bonds. The number of nitrogens with one attached hydrogen (secondary N) is 2. The van der Waals surface area contributed by atoms with Gasteiger partial charge in [0.1, 0.15) is 5.75 Å². The number of piperidine rings is 1. The van der Waals surface area contributed by atoms with Crippen LogP contribution in [0.4, 0.5) is 0 Å². The maximum atomic E-state index is 11.7. The lowest BCUT2D eigenvalue weighted by atomic mass is 10.1. The first-order valence-electron chi connectivity index (χ1n) is 6.12. The summed E-state index contributed by atoms with van der Waals surface area (Å²) in [5.41, 5.74) is 0. The third-order valence-electron chi connectivity index (χ3n) is 2.85. The van der Waals surface area contributed by atoms with Gasteiger partial charge in [0, 0.05) is 17.1 Å². The summed E-state index contributed by atoms with van der Waals surface area (Å²) in [7, 11) is 0. The molecule has 2 N–H and O–H groups in total. The highest BCUT2D eigenvalue weighted by molar-refractivity contribution is 9.10. The number of amides is 1. The molecule has 0 unspecified atom stereocenters. The number of rotatable bonds is 4. The quantitative estimate of drug-likeness (QED) is 0.875. The van der Waals surface area contributed by atoms with E-state index in [4.69, 9.17) is 4.74 Å². The molecule has 1 saturated heterocycles. The zero-order valence-corrected chi connectivity index (χ0v) is 12.9. The van der Waals surface area contributed by atoms with Crippen LogP contribution in [-0.2, 0) is 4.79 Å². The molecule has 1 aromatic carbocycles. The first-order valence-corrected chi connectivity index (χ1v) is 6.92. The third kappa shape index (κ3) is 5.80. The molecule has 1 aliphatic heterocycles. The van der Waals surface area contributed by atoms with Crippen LogP contribution in [-0.4, -0.2) is 31.6 Å². The average molecular weight is 350 g/mol. The Morgan fingerprint density at radius 1 is 1.42 bits per heavy atom. The number of carbonyl (C=O) groups excluding carboxylic acids is 1. The molecule has 19 heavy (non-hydrogen) atoms. The van der Waals surface area contributed by atoms with Crippen molar-refractivity contribution in [3.63, 3.8) is 0 Å². The van der Waals surface area contributed by atoms with Crippen LogP contribution in [0.1, 0.15) is 12.8 Å². The maximum Gasteiger partial charge on any atom is 0.258 e. The number of hydrogen-bond acceptors (Lipinski definition) is 3. The highest BCUT2D eigenvalue weighted by atomic mass is 79.9. The van der Waals surface area contributed by atoms with Crippen LogP contribution in [0, 0.1) is 0 Å². The molecule has 0 saturated carbocycles. The predicted octanol–water partition coefficient (Wildman–Crippen LogP) is 2.12. The van der Waals surface area contributed by atoms with Gasteiger partial charge < -0.3 is 15.4 Å². The SMILES string of the molecule is Cl.O=C(COc1ccc(Br)cc1)N[C@H]1CCCNC1. The van der Waals surface area contributed by atoms with Gasteiger partial charge in [0.2, 0.25) is 0 Å². The van der Waals surface area contributed by atoms with E-state index in [0.29, 0.717) is 5.75 Å². The molecule has 2 rings (SSSR count). The van der Waals surface area contributed by atoms with Crippen LogP contribution >= 0.6 is 28.3 Å². The zero-order chi connectivity index (χ0) is 12.8. The molecule has 0 bridgehead atoms. The molecule has 0 aliphatic carbocycles. The molecule has 6 heteroatoms. The van der Waals surface area contributed by atoms with Gasteiger partial charge in [-0.15, -0.1) is 12.4 Å².